The lowest BCUT2D eigenvalue weighted by atomic mass is 10.2. The van der Waals surface area contributed by atoms with E-state index in [2.05, 4.69) is 132 Å². The highest BCUT2D eigenvalue weighted by Crippen LogP contribution is 2.20. The van der Waals surface area contributed by atoms with Gasteiger partial charge in [-0.25, -0.2) is 0 Å². The Balaban J connectivity index is -0.0000000850. The largest absolute Gasteiger partial charge is 0.381 e. The predicted molar refractivity (Wildman–Crippen MR) is 241 cm³/mol. The van der Waals surface area contributed by atoms with Crippen molar-refractivity contribution in [2.24, 2.45) is 23.7 Å². The van der Waals surface area contributed by atoms with Gasteiger partial charge in [-0.3, -0.25) is 0 Å². The van der Waals surface area contributed by atoms with Crippen LogP contribution in [0.25, 0.3) is 0 Å². The molecule has 4 heterocycles. The second kappa shape index (κ2) is 53.9. The summed E-state index contributed by atoms with van der Waals surface area (Å²) in [4.78, 5) is 7.10. The zero-order chi connectivity index (χ0) is 40.3. The number of likely N-dealkylation sites (tertiary alicyclic amines) is 2. The van der Waals surface area contributed by atoms with E-state index in [1.807, 2.05) is 27.7 Å². The molecule has 0 radical (unpaired) electrons. The van der Waals surface area contributed by atoms with Gasteiger partial charge in [0.25, 0.3) is 0 Å². The first kappa shape index (κ1) is 65.4. The van der Waals surface area contributed by atoms with E-state index in [1.165, 1.54) is 83.1 Å². The van der Waals surface area contributed by atoms with Gasteiger partial charge in [-0.15, -0.1) is 0 Å². The van der Waals surface area contributed by atoms with E-state index in [1.54, 1.807) is 0 Å². The standard InChI is InChI=1S/C6H13N.C6H10.C5H11NO.C5H11N.4C4H10.C3H6O.2C2H6.CH4/c1-6(2)7-4-3-5-7;1-6-4-2-3-5-6;1-6-2-4-7-5-3-6;1-6-4-2-3-5-6;4*1-4(2)3;1-2-4-3-1;2*1-2;/h6H,3-5H2,1-2H3;1-5H2;2-5H2,1H3;2-5H2,1H3;4*4H,1-3H3;1-3H2;2*1-2H3;1H4. The van der Waals surface area contributed by atoms with Gasteiger partial charge in [0.05, 0.1) is 13.2 Å². The van der Waals surface area contributed by atoms with Crippen molar-refractivity contribution in [1.29, 1.82) is 0 Å². The zero-order valence-corrected chi connectivity index (χ0v) is 39.0. The van der Waals surface area contributed by atoms with E-state index in [0.717, 1.165) is 69.2 Å². The number of morpholine rings is 1. The molecule has 5 aliphatic rings. The Morgan fingerprint density at radius 3 is 0.784 bits per heavy atom. The summed E-state index contributed by atoms with van der Waals surface area (Å²) in [6.45, 7) is 53.7. The van der Waals surface area contributed by atoms with Crippen molar-refractivity contribution in [3.05, 3.63) is 12.2 Å². The van der Waals surface area contributed by atoms with E-state index in [9.17, 15) is 0 Å². The molecule has 4 saturated heterocycles. The number of rotatable bonds is 1. The Hall–Kier alpha value is -0.460. The van der Waals surface area contributed by atoms with Gasteiger partial charge in [0.15, 0.2) is 0 Å². The fraction of sp³-hybridized carbons (Fsp3) is 0.957. The molecule has 0 aromatic rings. The maximum absolute atomic E-state index is 5.10. The lowest BCUT2D eigenvalue weighted by molar-refractivity contribution is 0.0367. The van der Waals surface area contributed by atoms with Crippen LogP contribution in [0.2, 0.25) is 0 Å². The molecular weight excluding hydrogens is 627 g/mol. The van der Waals surface area contributed by atoms with Crippen molar-refractivity contribution in [3.8, 4) is 0 Å². The van der Waals surface area contributed by atoms with Crippen molar-refractivity contribution in [3.63, 3.8) is 0 Å². The topological polar surface area (TPSA) is 28.2 Å². The fourth-order valence-electron chi connectivity index (χ4n) is 3.41. The smallest absolute Gasteiger partial charge is 0.0594 e. The highest BCUT2D eigenvalue weighted by Gasteiger charge is 2.15. The van der Waals surface area contributed by atoms with Crippen molar-refractivity contribution >= 4 is 0 Å². The van der Waals surface area contributed by atoms with E-state index in [4.69, 9.17) is 9.47 Å². The zero-order valence-electron chi connectivity index (χ0n) is 39.0. The van der Waals surface area contributed by atoms with E-state index >= 15 is 0 Å². The van der Waals surface area contributed by atoms with Crippen LogP contribution in [0.5, 0.6) is 0 Å². The number of likely N-dealkylation sites (N-methyl/N-ethyl adjacent to an activating group) is 1. The van der Waals surface area contributed by atoms with Crippen LogP contribution < -0.4 is 0 Å². The average Bonchev–Trinajstić information content (AvgIpc) is 3.62. The van der Waals surface area contributed by atoms with Crippen molar-refractivity contribution in [1.82, 2.24) is 14.7 Å². The molecule has 4 aliphatic heterocycles. The van der Waals surface area contributed by atoms with E-state index < -0.39 is 0 Å². The quantitative estimate of drug-likeness (QED) is 0.250. The normalized spacial score (nSPS) is 17.2. The minimum atomic E-state index is 0. The molecule has 5 heteroatoms. The molecule has 0 bridgehead atoms. The minimum absolute atomic E-state index is 0. The van der Waals surface area contributed by atoms with Gasteiger partial charge < -0.3 is 24.2 Å². The molecule has 1 aliphatic carbocycles. The van der Waals surface area contributed by atoms with Crippen LogP contribution in [0.3, 0.4) is 0 Å². The average molecular weight is 734 g/mol. The molecule has 5 nitrogen and oxygen atoms in total. The maximum atomic E-state index is 5.10. The molecule has 0 atom stereocenters. The summed E-state index contributed by atoms with van der Waals surface area (Å²) in [6, 6.07) is 0.786. The summed E-state index contributed by atoms with van der Waals surface area (Å²) in [5.74, 6) is 3.33. The predicted octanol–water partition coefficient (Wildman–Crippen LogP) is 13.6. The summed E-state index contributed by atoms with van der Waals surface area (Å²) < 4.78 is 9.82. The first-order valence-corrected chi connectivity index (χ1v) is 21.3. The van der Waals surface area contributed by atoms with Crippen molar-refractivity contribution < 1.29 is 9.47 Å². The summed E-state index contributed by atoms with van der Waals surface area (Å²) >= 11 is 0. The molecule has 0 aromatic carbocycles. The van der Waals surface area contributed by atoms with Crippen molar-refractivity contribution in [2.45, 2.75) is 189 Å². The Kier molecular flexibility index (Phi) is 69.1. The lowest BCUT2D eigenvalue weighted by Crippen LogP contribution is -2.41. The van der Waals surface area contributed by atoms with Crippen LogP contribution in [-0.2, 0) is 9.47 Å². The van der Waals surface area contributed by atoms with Crippen LogP contribution in [0, 0.1) is 23.7 Å². The molecular formula is C46H107N3O2. The summed E-state index contributed by atoms with van der Waals surface area (Å²) in [5.41, 5.74) is 1.45. The Labute approximate surface area is 328 Å². The Bertz CT molecular complexity index is 512. The van der Waals surface area contributed by atoms with Crippen LogP contribution in [-0.4, -0.2) is 101 Å². The monoisotopic (exact) mass is 734 g/mol. The number of allylic oxidation sites excluding steroid dienone is 1. The Morgan fingerprint density at radius 2 is 0.706 bits per heavy atom. The molecule has 0 N–H and O–H groups in total. The third-order valence-electron chi connectivity index (χ3n) is 6.07. The van der Waals surface area contributed by atoms with Gasteiger partial charge in [0.2, 0.25) is 0 Å². The molecule has 0 spiro atoms. The van der Waals surface area contributed by atoms with E-state index in [0.29, 0.717) is 0 Å². The van der Waals surface area contributed by atoms with Crippen LogP contribution in [0.1, 0.15) is 183 Å². The second-order valence-electron chi connectivity index (χ2n) is 16.3. The van der Waals surface area contributed by atoms with Crippen LogP contribution in [0.15, 0.2) is 12.2 Å². The molecule has 0 aromatic heterocycles. The van der Waals surface area contributed by atoms with Crippen LogP contribution >= 0.6 is 0 Å². The minimum Gasteiger partial charge on any atom is -0.381 e. The van der Waals surface area contributed by atoms with Gasteiger partial charge >= 0.3 is 0 Å². The van der Waals surface area contributed by atoms with Crippen LogP contribution in [0.4, 0.5) is 0 Å². The first-order valence-electron chi connectivity index (χ1n) is 21.3. The number of hydrogen-bond acceptors (Lipinski definition) is 5. The van der Waals surface area contributed by atoms with Gasteiger partial charge in [0.1, 0.15) is 0 Å². The number of hydrogen-bond donors (Lipinski definition) is 0. The van der Waals surface area contributed by atoms with Gasteiger partial charge in [-0.1, -0.05) is 130 Å². The third-order valence-corrected chi connectivity index (χ3v) is 6.07. The van der Waals surface area contributed by atoms with Gasteiger partial charge in [-0.2, -0.15) is 0 Å². The Morgan fingerprint density at radius 1 is 0.431 bits per heavy atom. The molecule has 1 saturated carbocycles. The summed E-state index contributed by atoms with van der Waals surface area (Å²) in [7, 11) is 4.29. The number of nitrogens with zero attached hydrogens (tertiary/aromatic N) is 3. The van der Waals surface area contributed by atoms with Gasteiger partial charge in [-0.05, 0) is 129 Å². The van der Waals surface area contributed by atoms with Crippen molar-refractivity contribution in [2.75, 3.05) is 79.8 Å². The third kappa shape index (κ3) is 88.6. The summed E-state index contributed by atoms with van der Waals surface area (Å²) in [5, 5.41) is 0. The second-order valence-corrected chi connectivity index (χ2v) is 16.3. The highest BCUT2D eigenvalue weighted by molar-refractivity contribution is 4.98. The van der Waals surface area contributed by atoms with E-state index in [-0.39, 0.29) is 7.43 Å². The molecule has 0 amide bonds. The molecule has 318 valence electrons. The highest BCUT2D eigenvalue weighted by atomic mass is 16.5. The van der Waals surface area contributed by atoms with Gasteiger partial charge in [0, 0.05) is 32.3 Å². The number of ether oxygens (including phenoxy) is 2. The first-order chi connectivity index (χ1) is 23.4. The lowest BCUT2D eigenvalue weighted by Gasteiger charge is -2.34. The summed E-state index contributed by atoms with van der Waals surface area (Å²) in [6.07, 6.45) is 10.9. The fourth-order valence-corrected chi connectivity index (χ4v) is 3.41. The molecule has 51 heavy (non-hydrogen) atoms. The molecule has 5 rings (SSSR count). The SMILES string of the molecule is C.C1COC1.C=C1CCCC1.CC.CC.CC(C)C.CC(C)C.CC(C)C.CC(C)C.CC(C)N1CCC1.CN1CCCC1.CN1CCOCC1. The molecule has 5 fully saturated rings. The molecule has 0 unspecified atom stereocenters. The maximum Gasteiger partial charge on any atom is 0.0594 e.